The van der Waals surface area contributed by atoms with Crippen LogP contribution in [0.4, 0.5) is 5.69 Å². The molecule has 17 heavy (non-hydrogen) atoms. The minimum absolute atomic E-state index is 0.217. The normalized spacial score (nSPS) is 13.8. The van der Waals surface area contributed by atoms with E-state index in [1.54, 1.807) is 38.5 Å². The summed E-state index contributed by atoms with van der Waals surface area (Å²) in [6.45, 7) is 3.16. The van der Waals surface area contributed by atoms with Gasteiger partial charge in [-0.2, -0.15) is 0 Å². The van der Waals surface area contributed by atoms with Crippen molar-refractivity contribution in [3.63, 3.8) is 0 Å². The molecular weight excluding hydrogens is 220 g/mol. The lowest BCUT2D eigenvalue weighted by molar-refractivity contribution is -0.145. The van der Waals surface area contributed by atoms with E-state index in [2.05, 4.69) is 4.98 Å². The Hall–Kier alpha value is -1.91. The van der Waals surface area contributed by atoms with Crippen LogP contribution in [-0.4, -0.2) is 29.0 Å². The number of hydrogen-bond donors (Lipinski definition) is 1. The molecule has 0 spiro atoms. The highest BCUT2D eigenvalue weighted by Gasteiger charge is 2.28. The van der Waals surface area contributed by atoms with Crippen molar-refractivity contribution in [2.75, 3.05) is 11.9 Å². The molecule has 1 heterocycles. The molecule has 1 rings (SSSR count). The molecule has 0 aliphatic heterocycles. The summed E-state index contributed by atoms with van der Waals surface area (Å²) in [6, 6.07) is 3.41. The number of aromatic nitrogens is 1. The van der Waals surface area contributed by atoms with Crippen LogP contribution in [0.3, 0.4) is 0 Å². The molecule has 5 heteroatoms. The second-order valence-electron chi connectivity index (χ2n) is 4.02. The molecule has 2 unspecified atom stereocenters. The van der Waals surface area contributed by atoms with Crippen LogP contribution in [-0.2, 0) is 9.59 Å². The van der Waals surface area contributed by atoms with Crippen molar-refractivity contribution in [1.82, 2.24) is 4.98 Å². The van der Waals surface area contributed by atoms with Crippen LogP contribution in [0.15, 0.2) is 24.5 Å². The van der Waals surface area contributed by atoms with Gasteiger partial charge in [0.2, 0.25) is 5.91 Å². The molecular formula is C12H16N2O3. The summed E-state index contributed by atoms with van der Waals surface area (Å²) in [5.41, 5.74) is 0.703. The Morgan fingerprint density at radius 3 is 2.24 bits per heavy atom. The molecule has 0 bridgehead atoms. The summed E-state index contributed by atoms with van der Waals surface area (Å²) in [7, 11) is 1.63. The standard InChI is InChI=1S/C12H16N2O3/c1-8(9(2)12(16)17)11(15)14(3)10-4-6-13-7-5-10/h4-9H,1-3H3,(H,16,17). The number of carbonyl (C=O) groups is 2. The van der Waals surface area contributed by atoms with Gasteiger partial charge in [0.15, 0.2) is 0 Å². The third kappa shape index (κ3) is 3.03. The van der Waals surface area contributed by atoms with E-state index in [1.807, 2.05) is 0 Å². The number of hydrogen-bond acceptors (Lipinski definition) is 3. The van der Waals surface area contributed by atoms with Gasteiger partial charge in [-0.15, -0.1) is 0 Å². The van der Waals surface area contributed by atoms with Crippen LogP contribution < -0.4 is 4.90 Å². The van der Waals surface area contributed by atoms with Crippen molar-refractivity contribution in [3.05, 3.63) is 24.5 Å². The van der Waals surface area contributed by atoms with E-state index in [0.717, 1.165) is 0 Å². The minimum atomic E-state index is -0.964. The fourth-order valence-electron chi connectivity index (χ4n) is 1.43. The van der Waals surface area contributed by atoms with Gasteiger partial charge in [0.05, 0.1) is 5.92 Å². The highest BCUT2D eigenvalue weighted by atomic mass is 16.4. The predicted molar refractivity (Wildman–Crippen MR) is 63.6 cm³/mol. The van der Waals surface area contributed by atoms with Crippen LogP contribution in [0.2, 0.25) is 0 Å². The molecule has 1 N–H and O–H groups in total. The Bertz CT molecular complexity index is 405. The van der Waals surface area contributed by atoms with Crippen LogP contribution >= 0.6 is 0 Å². The van der Waals surface area contributed by atoms with Crippen molar-refractivity contribution in [2.45, 2.75) is 13.8 Å². The van der Waals surface area contributed by atoms with Gasteiger partial charge in [-0.1, -0.05) is 13.8 Å². The lowest BCUT2D eigenvalue weighted by Crippen LogP contribution is -2.36. The molecule has 0 saturated carbocycles. The molecule has 0 aromatic carbocycles. The highest BCUT2D eigenvalue weighted by Crippen LogP contribution is 2.18. The summed E-state index contributed by atoms with van der Waals surface area (Å²) in [4.78, 5) is 28.2. The molecule has 1 amide bonds. The average molecular weight is 236 g/mol. The third-order valence-corrected chi connectivity index (χ3v) is 2.91. The third-order valence-electron chi connectivity index (χ3n) is 2.91. The number of carboxylic acids is 1. The van der Waals surface area contributed by atoms with E-state index < -0.39 is 17.8 Å². The Kier molecular flexibility index (Phi) is 4.20. The highest BCUT2D eigenvalue weighted by molar-refractivity contribution is 5.96. The van der Waals surface area contributed by atoms with Crippen molar-refractivity contribution in [3.8, 4) is 0 Å². The van der Waals surface area contributed by atoms with E-state index in [9.17, 15) is 9.59 Å². The molecule has 0 saturated heterocycles. The van der Waals surface area contributed by atoms with Crippen LogP contribution in [0.5, 0.6) is 0 Å². The first kappa shape index (κ1) is 13.2. The zero-order valence-electron chi connectivity index (χ0n) is 10.1. The van der Waals surface area contributed by atoms with Crippen LogP contribution in [0, 0.1) is 11.8 Å². The lowest BCUT2D eigenvalue weighted by Gasteiger charge is -2.23. The maximum absolute atomic E-state index is 12.0. The Morgan fingerprint density at radius 2 is 1.76 bits per heavy atom. The van der Waals surface area contributed by atoms with Crippen LogP contribution in [0.1, 0.15) is 13.8 Å². The second kappa shape index (κ2) is 5.43. The fraction of sp³-hybridized carbons (Fsp3) is 0.417. The first-order chi connectivity index (χ1) is 7.95. The summed E-state index contributed by atoms with van der Waals surface area (Å²) in [5.74, 6) is -2.45. The van der Waals surface area contributed by atoms with Crippen molar-refractivity contribution >= 4 is 17.6 Å². The van der Waals surface area contributed by atoms with Gasteiger partial charge in [0.1, 0.15) is 0 Å². The molecule has 0 fully saturated rings. The van der Waals surface area contributed by atoms with Gasteiger partial charge in [-0.25, -0.2) is 0 Å². The van der Waals surface area contributed by atoms with Crippen molar-refractivity contribution < 1.29 is 14.7 Å². The molecule has 1 aromatic rings. The lowest BCUT2D eigenvalue weighted by atomic mass is 9.95. The quantitative estimate of drug-likeness (QED) is 0.857. The number of carbonyl (C=O) groups excluding carboxylic acids is 1. The Balaban J connectivity index is 2.80. The maximum Gasteiger partial charge on any atom is 0.307 e. The average Bonchev–Trinajstić information content (AvgIpc) is 2.36. The van der Waals surface area contributed by atoms with Crippen molar-refractivity contribution in [1.29, 1.82) is 0 Å². The van der Waals surface area contributed by atoms with E-state index in [-0.39, 0.29) is 5.91 Å². The number of amides is 1. The second-order valence-corrected chi connectivity index (χ2v) is 4.02. The maximum atomic E-state index is 12.0. The molecule has 0 radical (unpaired) electrons. The molecule has 2 atom stereocenters. The number of aliphatic carboxylic acids is 1. The Labute approximate surface area is 100 Å². The van der Waals surface area contributed by atoms with Gasteiger partial charge in [0.25, 0.3) is 0 Å². The van der Waals surface area contributed by atoms with Crippen LogP contribution in [0.25, 0.3) is 0 Å². The summed E-state index contributed by atoms with van der Waals surface area (Å²) >= 11 is 0. The molecule has 1 aromatic heterocycles. The van der Waals surface area contributed by atoms with E-state index >= 15 is 0 Å². The zero-order chi connectivity index (χ0) is 13.0. The number of pyridine rings is 1. The number of rotatable bonds is 4. The van der Waals surface area contributed by atoms with Gasteiger partial charge < -0.3 is 10.0 Å². The number of carboxylic acid groups (broad SMARTS) is 1. The first-order valence-corrected chi connectivity index (χ1v) is 5.35. The van der Waals surface area contributed by atoms with E-state index in [4.69, 9.17) is 5.11 Å². The van der Waals surface area contributed by atoms with E-state index in [1.165, 1.54) is 11.8 Å². The van der Waals surface area contributed by atoms with E-state index in [0.29, 0.717) is 5.69 Å². The first-order valence-electron chi connectivity index (χ1n) is 5.35. The van der Waals surface area contributed by atoms with Gasteiger partial charge >= 0.3 is 5.97 Å². The monoisotopic (exact) mass is 236 g/mol. The van der Waals surface area contributed by atoms with Gasteiger partial charge in [-0.05, 0) is 12.1 Å². The fourth-order valence-corrected chi connectivity index (χ4v) is 1.43. The largest absolute Gasteiger partial charge is 0.481 e. The molecule has 92 valence electrons. The topological polar surface area (TPSA) is 70.5 Å². The van der Waals surface area contributed by atoms with Crippen molar-refractivity contribution in [2.24, 2.45) is 11.8 Å². The Morgan fingerprint density at radius 1 is 1.24 bits per heavy atom. The summed E-state index contributed by atoms with van der Waals surface area (Å²) in [5, 5.41) is 8.87. The number of anilines is 1. The predicted octanol–water partition coefficient (Wildman–Crippen LogP) is 1.40. The smallest absolute Gasteiger partial charge is 0.307 e. The molecule has 0 aliphatic carbocycles. The van der Waals surface area contributed by atoms with Gasteiger partial charge in [-0.3, -0.25) is 14.6 Å². The number of nitrogens with zero attached hydrogens (tertiary/aromatic N) is 2. The summed E-state index contributed by atoms with van der Waals surface area (Å²) < 4.78 is 0. The molecule has 0 aliphatic rings. The minimum Gasteiger partial charge on any atom is -0.481 e. The SMILES string of the molecule is CC(C(=O)O)C(C)C(=O)N(C)c1ccncc1. The summed E-state index contributed by atoms with van der Waals surface area (Å²) in [6.07, 6.45) is 3.18. The zero-order valence-corrected chi connectivity index (χ0v) is 10.1. The molecule has 5 nitrogen and oxygen atoms in total. The van der Waals surface area contributed by atoms with Gasteiger partial charge in [0, 0.05) is 31.0 Å².